The highest BCUT2D eigenvalue weighted by molar-refractivity contribution is 5.68. The minimum absolute atomic E-state index is 0.0606. The minimum atomic E-state index is -4.41. The molecule has 0 spiro atoms. The molecule has 2 aromatic carbocycles. The highest BCUT2D eigenvalue weighted by Gasteiger charge is 2.40. The first-order chi connectivity index (χ1) is 16.0. The first-order valence-electron chi connectivity index (χ1n) is 11.5. The number of hydrogen-bond donors (Lipinski definition) is 1. The second-order valence-corrected chi connectivity index (χ2v) is 9.65. The van der Waals surface area contributed by atoms with Gasteiger partial charge >= 0.3 is 12.1 Å². The molecule has 2 atom stereocenters. The van der Waals surface area contributed by atoms with E-state index < -0.39 is 23.4 Å². The van der Waals surface area contributed by atoms with Crippen molar-refractivity contribution in [2.75, 3.05) is 19.7 Å². The molecule has 0 amide bonds. The predicted molar refractivity (Wildman–Crippen MR) is 120 cm³/mol. The van der Waals surface area contributed by atoms with E-state index in [1.165, 1.54) is 6.07 Å². The van der Waals surface area contributed by atoms with Gasteiger partial charge in [0.05, 0.1) is 12.0 Å². The molecule has 4 nitrogen and oxygen atoms in total. The maximum Gasteiger partial charge on any atom is 0.416 e. The van der Waals surface area contributed by atoms with Crippen LogP contribution in [0.5, 0.6) is 5.75 Å². The first kappa shape index (κ1) is 24.5. The highest BCUT2D eigenvalue weighted by Crippen LogP contribution is 2.45. The lowest BCUT2D eigenvalue weighted by Gasteiger charge is -2.23. The van der Waals surface area contributed by atoms with E-state index in [2.05, 4.69) is 0 Å². The number of ether oxygens (including phenoxy) is 1. The van der Waals surface area contributed by atoms with Crippen molar-refractivity contribution in [1.29, 1.82) is 0 Å². The topological polar surface area (TPSA) is 49.8 Å². The molecule has 4 rings (SSSR count). The second kappa shape index (κ2) is 9.56. The van der Waals surface area contributed by atoms with Crippen LogP contribution in [0.3, 0.4) is 0 Å². The highest BCUT2D eigenvalue weighted by atomic mass is 19.4. The Bertz CT molecular complexity index is 1040. The van der Waals surface area contributed by atoms with E-state index in [0.717, 1.165) is 36.1 Å². The molecule has 2 aliphatic rings. The van der Waals surface area contributed by atoms with Gasteiger partial charge in [0.2, 0.25) is 0 Å². The van der Waals surface area contributed by atoms with Crippen molar-refractivity contribution in [3.05, 3.63) is 64.7 Å². The van der Waals surface area contributed by atoms with E-state index in [-0.39, 0.29) is 38.5 Å². The largest absolute Gasteiger partial charge is 0.490 e. The Hall–Kier alpha value is -2.61. The second-order valence-electron chi connectivity index (χ2n) is 9.65. The quantitative estimate of drug-likeness (QED) is 0.450. The van der Waals surface area contributed by atoms with Gasteiger partial charge in [-0.3, -0.25) is 9.69 Å². The van der Waals surface area contributed by atoms with Crippen LogP contribution >= 0.6 is 0 Å². The predicted octanol–water partition coefficient (Wildman–Crippen LogP) is 5.98. The van der Waals surface area contributed by atoms with Crippen LogP contribution in [0.4, 0.5) is 17.6 Å². The maximum absolute atomic E-state index is 15.5. The number of aliphatic carboxylic acids is 1. The third-order valence-electron chi connectivity index (χ3n) is 6.82. The lowest BCUT2D eigenvalue weighted by molar-refractivity contribution is -0.138. The number of aryl methyl sites for hydroxylation is 1. The Morgan fingerprint density at radius 2 is 2.00 bits per heavy atom. The summed E-state index contributed by atoms with van der Waals surface area (Å²) >= 11 is 0. The molecular weight excluding hydrogens is 450 g/mol. The number of nitrogens with zero attached hydrogens (tertiary/aromatic N) is 1. The Morgan fingerprint density at radius 1 is 1.24 bits per heavy atom. The van der Waals surface area contributed by atoms with Gasteiger partial charge in [-0.05, 0) is 79.0 Å². The molecule has 0 aromatic heterocycles. The molecular formula is C26H29F4NO3. The number of hydrogen-bond acceptors (Lipinski definition) is 3. The number of carboxylic acids is 1. The zero-order valence-corrected chi connectivity index (χ0v) is 19.1. The molecule has 1 aliphatic heterocycles. The molecule has 2 aromatic rings. The van der Waals surface area contributed by atoms with Gasteiger partial charge in [-0.1, -0.05) is 18.2 Å². The van der Waals surface area contributed by atoms with Crippen LogP contribution in [-0.4, -0.2) is 41.3 Å². The van der Waals surface area contributed by atoms with Gasteiger partial charge < -0.3 is 9.84 Å². The summed E-state index contributed by atoms with van der Waals surface area (Å²) in [5.41, 5.74) is -0.137. The summed E-state index contributed by atoms with van der Waals surface area (Å²) in [5, 5.41) is 9.23. The summed E-state index contributed by atoms with van der Waals surface area (Å²) in [7, 11) is 0. The molecule has 8 heteroatoms. The van der Waals surface area contributed by atoms with Crippen LogP contribution in [0, 0.1) is 12.8 Å². The number of alkyl halides is 4. The number of benzene rings is 2. The van der Waals surface area contributed by atoms with Gasteiger partial charge in [-0.2, -0.15) is 13.2 Å². The van der Waals surface area contributed by atoms with E-state index in [4.69, 9.17) is 4.74 Å². The maximum atomic E-state index is 15.5. The smallest absolute Gasteiger partial charge is 0.416 e. The molecule has 1 N–H and O–H groups in total. The van der Waals surface area contributed by atoms with Gasteiger partial charge in [0.25, 0.3) is 0 Å². The van der Waals surface area contributed by atoms with Gasteiger partial charge in [-0.25, -0.2) is 4.39 Å². The van der Waals surface area contributed by atoms with Crippen LogP contribution in [0.25, 0.3) is 0 Å². The summed E-state index contributed by atoms with van der Waals surface area (Å²) in [6.07, 6.45) is -2.10. The van der Waals surface area contributed by atoms with Crippen molar-refractivity contribution >= 4 is 5.97 Å². The molecule has 184 valence electrons. The zero-order chi connectivity index (χ0) is 24.5. The molecule has 1 unspecified atom stereocenters. The Kier molecular flexibility index (Phi) is 6.90. The Balaban J connectivity index is 1.37. The van der Waals surface area contributed by atoms with Crippen LogP contribution in [0.1, 0.15) is 53.9 Å². The molecule has 1 saturated carbocycles. The fraction of sp³-hybridized carbons (Fsp3) is 0.500. The number of carboxylic acid groups (broad SMARTS) is 1. The lowest BCUT2D eigenvalue weighted by Crippen LogP contribution is -2.34. The van der Waals surface area contributed by atoms with Crippen LogP contribution in [-0.2, 0) is 17.5 Å². The number of carbonyl (C=O) groups is 1. The average molecular weight is 480 g/mol. The number of rotatable bonds is 9. The van der Waals surface area contributed by atoms with Crippen molar-refractivity contribution in [2.24, 2.45) is 5.92 Å². The van der Waals surface area contributed by atoms with Crippen molar-refractivity contribution < 1.29 is 32.2 Å². The first-order valence-corrected chi connectivity index (χ1v) is 11.5. The normalized spacial score (nSPS) is 22.0. The molecule has 0 radical (unpaired) electrons. The van der Waals surface area contributed by atoms with Crippen LogP contribution < -0.4 is 4.74 Å². The monoisotopic (exact) mass is 479 g/mol. The van der Waals surface area contributed by atoms with E-state index in [0.29, 0.717) is 23.8 Å². The van der Waals surface area contributed by atoms with Gasteiger partial charge in [-0.15, -0.1) is 0 Å². The van der Waals surface area contributed by atoms with E-state index in [1.807, 2.05) is 11.0 Å². The van der Waals surface area contributed by atoms with Crippen molar-refractivity contribution in [2.45, 2.75) is 56.9 Å². The van der Waals surface area contributed by atoms with Gasteiger partial charge in [0, 0.05) is 19.6 Å². The zero-order valence-electron chi connectivity index (χ0n) is 19.1. The van der Waals surface area contributed by atoms with Crippen molar-refractivity contribution in [3.63, 3.8) is 0 Å². The fourth-order valence-corrected chi connectivity index (χ4v) is 4.72. The summed E-state index contributed by atoms with van der Waals surface area (Å²) in [4.78, 5) is 13.1. The summed E-state index contributed by atoms with van der Waals surface area (Å²) in [6.45, 7) is 2.34. The number of halogens is 4. The Labute approximate surface area is 196 Å². The molecule has 2 fully saturated rings. The lowest BCUT2D eigenvalue weighted by atomic mass is 9.91. The van der Waals surface area contributed by atoms with Crippen molar-refractivity contribution in [1.82, 2.24) is 4.90 Å². The molecule has 1 saturated heterocycles. The SMILES string of the molecule is Cc1ccc(C(F)(F)F)cc1CN1CCC(F)(COc2cccc([C@@H](CC(=O)O)C3CC3)c2)C1. The Morgan fingerprint density at radius 3 is 2.68 bits per heavy atom. The van der Waals surface area contributed by atoms with Crippen molar-refractivity contribution in [3.8, 4) is 5.75 Å². The third-order valence-corrected chi connectivity index (χ3v) is 6.82. The van der Waals surface area contributed by atoms with Gasteiger partial charge in [0.15, 0.2) is 5.67 Å². The minimum Gasteiger partial charge on any atom is -0.490 e. The summed E-state index contributed by atoms with van der Waals surface area (Å²) in [6, 6.07) is 10.9. The summed E-state index contributed by atoms with van der Waals surface area (Å²) in [5.74, 6) is -0.0506. The van der Waals surface area contributed by atoms with Crippen LogP contribution in [0.15, 0.2) is 42.5 Å². The van der Waals surface area contributed by atoms with Gasteiger partial charge in [0.1, 0.15) is 12.4 Å². The van der Waals surface area contributed by atoms with E-state index in [9.17, 15) is 23.1 Å². The third kappa shape index (κ3) is 6.09. The molecule has 1 aliphatic carbocycles. The standard InChI is InChI=1S/C26H29F4NO3/c1-17-5-8-21(26(28,29)30)11-20(17)14-31-10-9-25(27,15-31)16-34-22-4-2-3-19(12-22)23(13-24(32)33)18-6-7-18/h2-5,8,11-12,18,23H,6-7,9-10,13-16H2,1H3,(H,32,33)/t23-,25?/m0/s1. The van der Waals surface area contributed by atoms with E-state index >= 15 is 4.39 Å². The fourth-order valence-electron chi connectivity index (χ4n) is 4.72. The molecule has 34 heavy (non-hydrogen) atoms. The van der Waals surface area contributed by atoms with Crippen LogP contribution in [0.2, 0.25) is 0 Å². The average Bonchev–Trinajstić information content (AvgIpc) is 3.54. The van der Waals surface area contributed by atoms with E-state index in [1.54, 1.807) is 25.1 Å². The summed E-state index contributed by atoms with van der Waals surface area (Å²) < 4.78 is 60.4. The number of likely N-dealkylation sites (tertiary alicyclic amines) is 1. The molecule has 0 bridgehead atoms. The molecule has 1 heterocycles.